The summed E-state index contributed by atoms with van der Waals surface area (Å²) in [6.07, 6.45) is 5.95. The predicted octanol–water partition coefficient (Wildman–Crippen LogP) is 5.77. The zero-order valence-electron chi connectivity index (χ0n) is 12.6. The molecular weight excluding hydrogens is 244 g/mol. The van der Waals surface area contributed by atoms with Gasteiger partial charge in [0.25, 0.3) is 0 Å². The van der Waals surface area contributed by atoms with Crippen LogP contribution in [0.5, 0.6) is 11.5 Å². The molecule has 0 heterocycles. The molecule has 0 saturated carbocycles. The lowest BCUT2D eigenvalue weighted by Crippen LogP contribution is -1.88. The van der Waals surface area contributed by atoms with E-state index in [0.29, 0.717) is 0 Å². The lowest BCUT2D eigenvalue weighted by atomic mass is 10.1. The fourth-order valence-electron chi connectivity index (χ4n) is 2.25. The Hall–Kier alpha value is -1.76. The molecule has 0 aliphatic rings. The van der Waals surface area contributed by atoms with Crippen molar-refractivity contribution in [3.63, 3.8) is 0 Å². The lowest BCUT2D eigenvalue weighted by Gasteiger charge is -2.07. The van der Waals surface area contributed by atoms with Crippen LogP contribution in [0.15, 0.2) is 48.5 Å². The van der Waals surface area contributed by atoms with Crippen LogP contribution < -0.4 is 4.74 Å². The van der Waals surface area contributed by atoms with Gasteiger partial charge < -0.3 is 4.74 Å². The van der Waals surface area contributed by atoms with Crippen molar-refractivity contribution in [3.05, 3.63) is 59.7 Å². The minimum Gasteiger partial charge on any atom is -0.457 e. The Balaban J connectivity index is 1.95. The average Bonchev–Trinajstić information content (AvgIpc) is 2.49. The van der Waals surface area contributed by atoms with Gasteiger partial charge in [-0.25, -0.2) is 0 Å². The third-order valence-corrected chi connectivity index (χ3v) is 3.44. The van der Waals surface area contributed by atoms with Gasteiger partial charge in [-0.05, 0) is 54.7 Å². The van der Waals surface area contributed by atoms with E-state index in [0.717, 1.165) is 24.3 Å². The number of rotatable bonds is 7. The summed E-state index contributed by atoms with van der Waals surface area (Å²) in [5, 5.41) is 0. The topological polar surface area (TPSA) is 9.23 Å². The maximum atomic E-state index is 5.87. The van der Waals surface area contributed by atoms with Gasteiger partial charge in [-0.15, -0.1) is 0 Å². The standard InChI is InChI=1S/C19H24O/c1-3-5-7-17-10-14-19(15-11-17)20-18-12-8-16(6-4-2)9-13-18/h8-15H,3-7H2,1-2H3. The molecule has 0 radical (unpaired) electrons. The van der Waals surface area contributed by atoms with Gasteiger partial charge in [-0.2, -0.15) is 0 Å². The zero-order chi connectivity index (χ0) is 14.2. The Morgan fingerprint density at radius 2 is 1.15 bits per heavy atom. The summed E-state index contributed by atoms with van der Waals surface area (Å²) in [6.45, 7) is 4.42. The van der Waals surface area contributed by atoms with Gasteiger partial charge in [0.15, 0.2) is 0 Å². The Morgan fingerprint density at radius 1 is 0.650 bits per heavy atom. The quantitative estimate of drug-likeness (QED) is 0.619. The Labute approximate surface area is 122 Å². The second kappa shape index (κ2) is 7.74. The maximum Gasteiger partial charge on any atom is 0.127 e. The monoisotopic (exact) mass is 268 g/mol. The second-order valence-electron chi connectivity index (χ2n) is 5.24. The summed E-state index contributed by atoms with van der Waals surface area (Å²) in [4.78, 5) is 0. The van der Waals surface area contributed by atoms with Crippen molar-refractivity contribution in [3.8, 4) is 11.5 Å². The Morgan fingerprint density at radius 3 is 1.60 bits per heavy atom. The van der Waals surface area contributed by atoms with Crippen molar-refractivity contribution >= 4 is 0 Å². The van der Waals surface area contributed by atoms with E-state index in [4.69, 9.17) is 4.74 Å². The van der Waals surface area contributed by atoms with Crippen molar-refractivity contribution < 1.29 is 4.74 Å². The molecule has 0 aliphatic carbocycles. The molecule has 20 heavy (non-hydrogen) atoms. The Kier molecular flexibility index (Phi) is 5.67. The number of hydrogen-bond acceptors (Lipinski definition) is 1. The molecule has 0 aromatic heterocycles. The fourth-order valence-corrected chi connectivity index (χ4v) is 2.25. The first-order valence-electron chi connectivity index (χ1n) is 7.67. The number of hydrogen-bond donors (Lipinski definition) is 0. The third kappa shape index (κ3) is 4.41. The van der Waals surface area contributed by atoms with E-state index >= 15 is 0 Å². The molecule has 2 aromatic carbocycles. The van der Waals surface area contributed by atoms with Crippen LogP contribution in [0.3, 0.4) is 0 Å². The van der Waals surface area contributed by atoms with Crippen LogP contribution in [0.4, 0.5) is 0 Å². The summed E-state index contributed by atoms with van der Waals surface area (Å²) in [5.41, 5.74) is 2.76. The summed E-state index contributed by atoms with van der Waals surface area (Å²) >= 11 is 0. The van der Waals surface area contributed by atoms with Gasteiger partial charge in [0, 0.05) is 0 Å². The van der Waals surface area contributed by atoms with Gasteiger partial charge in [0.2, 0.25) is 0 Å². The largest absolute Gasteiger partial charge is 0.457 e. The van der Waals surface area contributed by atoms with Crippen molar-refractivity contribution in [2.45, 2.75) is 46.0 Å². The SMILES string of the molecule is CCCCc1ccc(Oc2ccc(CCC)cc2)cc1. The van der Waals surface area contributed by atoms with E-state index in [9.17, 15) is 0 Å². The normalized spacial score (nSPS) is 10.5. The highest BCUT2D eigenvalue weighted by atomic mass is 16.5. The highest BCUT2D eigenvalue weighted by Crippen LogP contribution is 2.22. The smallest absolute Gasteiger partial charge is 0.127 e. The van der Waals surface area contributed by atoms with Gasteiger partial charge in [0.1, 0.15) is 11.5 Å². The number of ether oxygens (including phenoxy) is 1. The highest BCUT2D eigenvalue weighted by molar-refractivity contribution is 5.34. The first-order chi connectivity index (χ1) is 9.81. The number of benzene rings is 2. The van der Waals surface area contributed by atoms with Gasteiger partial charge >= 0.3 is 0 Å². The summed E-state index contributed by atoms with van der Waals surface area (Å²) in [5.74, 6) is 1.82. The van der Waals surface area contributed by atoms with Crippen molar-refractivity contribution in [1.82, 2.24) is 0 Å². The first-order valence-corrected chi connectivity index (χ1v) is 7.67. The molecule has 0 bridgehead atoms. The average molecular weight is 268 g/mol. The van der Waals surface area contributed by atoms with E-state index < -0.39 is 0 Å². The number of aryl methyl sites for hydroxylation is 2. The van der Waals surface area contributed by atoms with E-state index in [1.54, 1.807) is 0 Å². The lowest BCUT2D eigenvalue weighted by molar-refractivity contribution is 0.482. The molecule has 0 fully saturated rings. The van der Waals surface area contributed by atoms with Gasteiger partial charge in [-0.1, -0.05) is 51.0 Å². The first kappa shape index (κ1) is 14.6. The van der Waals surface area contributed by atoms with E-state index in [1.165, 1.54) is 30.4 Å². The maximum absolute atomic E-state index is 5.87. The summed E-state index contributed by atoms with van der Waals surface area (Å²) in [6, 6.07) is 16.8. The third-order valence-electron chi connectivity index (χ3n) is 3.44. The zero-order valence-corrected chi connectivity index (χ0v) is 12.6. The van der Waals surface area contributed by atoms with E-state index in [1.807, 2.05) is 0 Å². The van der Waals surface area contributed by atoms with Crippen LogP contribution in [-0.2, 0) is 12.8 Å². The van der Waals surface area contributed by atoms with E-state index in [2.05, 4.69) is 62.4 Å². The van der Waals surface area contributed by atoms with Crippen LogP contribution in [-0.4, -0.2) is 0 Å². The molecule has 0 amide bonds. The molecular formula is C19H24O. The van der Waals surface area contributed by atoms with Crippen molar-refractivity contribution in [2.24, 2.45) is 0 Å². The molecule has 0 saturated heterocycles. The molecule has 1 heteroatoms. The molecule has 2 aromatic rings. The molecule has 2 rings (SSSR count). The molecule has 0 spiro atoms. The molecule has 0 unspecified atom stereocenters. The predicted molar refractivity (Wildman–Crippen MR) is 85.6 cm³/mol. The second-order valence-corrected chi connectivity index (χ2v) is 5.24. The van der Waals surface area contributed by atoms with Crippen molar-refractivity contribution in [2.75, 3.05) is 0 Å². The van der Waals surface area contributed by atoms with Gasteiger partial charge in [-0.3, -0.25) is 0 Å². The van der Waals surface area contributed by atoms with Crippen LogP contribution in [0.25, 0.3) is 0 Å². The van der Waals surface area contributed by atoms with Crippen molar-refractivity contribution in [1.29, 1.82) is 0 Å². The van der Waals surface area contributed by atoms with Crippen LogP contribution >= 0.6 is 0 Å². The molecule has 0 N–H and O–H groups in total. The van der Waals surface area contributed by atoms with Crippen LogP contribution in [0, 0.1) is 0 Å². The summed E-state index contributed by atoms with van der Waals surface area (Å²) in [7, 11) is 0. The minimum absolute atomic E-state index is 0.908. The fraction of sp³-hybridized carbons (Fsp3) is 0.368. The summed E-state index contributed by atoms with van der Waals surface area (Å²) < 4.78 is 5.87. The molecule has 0 atom stereocenters. The minimum atomic E-state index is 0.908. The van der Waals surface area contributed by atoms with Crippen LogP contribution in [0.1, 0.15) is 44.2 Å². The Bertz CT molecular complexity index is 496. The number of unbranched alkanes of at least 4 members (excludes halogenated alkanes) is 1. The molecule has 0 aliphatic heterocycles. The molecule has 1 nitrogen and oxygen atoms in total. The van der Waals surface area contributed by atoms with Crippen LogP contribution in [0.2, 0.25) is 0 Å². The van der Waals surface area contributed by atoms with Gasteiger partial charge in [0.05, 0.1) is 0 Å². The molecule has 106 valence electrons. The highest BCUT2D eigenvalue weighted by Gasteiger charge is 1.99. The van der Waals surface area contributed by atoms with E-state index in [-0.39, 0.29) is 0 Å².